The van der Waals surface area contributed by atoms with E-state index in [0.29, 0.717) is 0 Å². The lowest BCUT2D eigenvalue weighted by Crippen LogP contribution is -2.39. The highest BCUT2D eigenvalue weighted by atomic mass is 14.9. The van der Waals surface area contributed by atoms with Gasteiger partial charge < -0.3 is 0 Å². The second-order valence-electron chi connectivity index (χ2n) is 4.45. The Bertz CT molecular complexity index is 282. The minimum absolute atomic E-state index is 0.237. The highest BCUT2D eigenvalue weighted by molar-refractivity contribution is 5.15. The maximum Gasteiger partial charge on any atom is 0.186 e. The van der Waals surface area contributed by atoms with Gasteiger partial charge in [0.2, 0.25) is 0 Å². The van der Waals surface area contributed by atoms with E-state index in [9.17, 15) is 0 Å². The molecule has 1 rings (SSSR count). The molecule has 12 heavy (non-hydrogen) atoms. The molecule has 1 heteroatoms. The lowest BCUT2D eigenvalue weighted by molar-refractivity contribution is -0.682. The molecule has 0 saturated heterocycles. The van der Waals surface area contributed by atoms with Gasteiger partial charge in [0, 0.05) is 17.5 Å². The van der Waals surface area contributed by atoms with Gasteiger partial charge in [0.1, 0.15) is 7.05 Å². The summed E-state index contributed by atoms with van der Waals surface area (Å²) in [5.74, 6) is 0. The Morgan fingerprint density at radius 2 is 1.83 bits per heavy atom. The largest absolute Gasteiger partial charge is 0.205 e. The molecular weight excluding hydrogens is 146 g/mol. The van der Waals surface area contributed by atoms with E-state index in [1.807, 2.05) is 0 Å². The van der Waals surface area contributed by atoms with Crippen molar-refractivity contribution in [2.75, 3.05) is 0 Å². The maximum atomic E-state index is 2.25. The van der Waals surface area contributed by atoms with E-state index in [4.69, 9.17) is 0 Å². The Morgan fingerprint density at radius 3 is 2.25 bits per heavy atom. The van der Waals surface area contributed by atoms with Gasteiger partial charge >= 0.3 is 0 Å². The molecule has 0 atom stereocenters. The van der Waals surface area contributed by atoms with Crippen molar-refractivity contribution in [3.63, 3.8) is 0 Å². The van der Waals surface area contributed by atoms with E-state index in [1.54, 1.807) is 0 Å². The predicted molar refractivity (Wildman–Crippen MR) is 51.1 cm³/mol. The predicted octanol–water partition coefficient (Wildman–Crippen LogP) is 2.12. The number of pyridine rings is 1. The zero-order chi connectivity index (χ0) is 9.35. The van der Waals surface area contributed by atoms with Crippen LogP contribution in [0.5, 0.6) is 0 Å². The van der Waals surface area contributed by atoms with Crippen LogP contribution in [-0.2, 0) is 12.5 Å². The second-order valence-corrected chi connectivity index (χ2v) is 4.45. The second kappa shape index (κ2) is 2.89. The molecule has 0 N–H and O–H groups in total. The van der Waals surface area contributed by atoms with Crippen LogP contribution in [0.3, 0.4) is 0 Å². The molecule has 1 aromatic rings. The Labute approximate surface area is 75.1 Å². The van der Waals surface area contributed by atoms with Crippen LogP contribution in [0.1, 0.15) is 32.0 Å². The Hall–Kier alpha value is -0.850. The molecule has 1 aromatic heterocycles. The summed E-state index contributed by atoms with van der Waals surface area (Å²) in [5, 5.41) is 0. The van der Waals surface area contributed by atoms with Crippen LogP contribution in [0.15, 0.2) is 18.3 Å². The quantitative estimate of drug-likeness (QED) is 0.517. The van der Waals surface area contributed by atoms with Crippen molar-refractivity contribution in [2.45, 2.75) is 33.1 Å². The molecule has 0 aromatic carbocycles. The summed E-state index contributed by atoms with van der Waals surface area (Å²) in [6.07, 6.45) is 2.12. The van der Waals surface area contributed by atoms with E-state index in [0.717, 1.165) is 0 Å². The third-order valence-electron chi connectivity index (χ3n) is 2.07. The van der Waals surface area contributed by atoms with Crippen LogP contribution in [0.4, 0.5) is 0 Å². The molecule has 0 aliphatic carbocycles. The fourth-order valence-electron chi connectivity index (χ4n) is 1.42. The summed E-state index contributed by atoms with van der Waals surface area (Å²) in [7, 11) is 2.10. The van der Waals surface area contributed by atoms with Crippen LogP contribution in [0.2, 0.25) is 0 Å². The van der Waals surface area contributed by atoms with Gasteiger partial charge in [0.25, 0.3) is 0 Å². The van der Waals surface area contributed by atoms with Crippen molar-refractivity contribution < 1.29 is 4.57 Å². The average Bonchev–Trinajstić information content (AvgIpc) is 1.92. The lowest BCUT2D eigenvalue weighted by Gasteiger charge is -2.15. The average molecular weight is 164 g/mol. The molecule has 0 bridgehead atoms. The SMILES string of the molecule is Cc1cc[n+](C)c(C(C)(C)C)c1. The number of rotatable bonds is 0. The normalized spacial score (nSPS) is 11.8. The lowest BCUT2D eigenvalue weighted by atomic mass is 9.90. The van der Waals surface area contributed by atoms with E-state index in [2.05, 4.69) is 57.6 Å². The Kier molecular flexibility index (Phi) is 2.22. The van der Waals surface area contributed by atoms with Crippen molar-refractivity contribution in [3.8, 4) is 0 Å². The molecule has 1 heterocycles. The van der Waals surface area contributed by atoms with Crippen molar-refractivity contribution in [3.05, 3.63) is 29.6 Å². The van der Waals surface area contributed by atoms with E-state index in [1.165, 1.54) is 11.3 Å². The summed E-state index contributed by atoms with van der Waals surface area (Å²) in [6.45, 7) is 8.85. The minimum Gasteiger partial charge on any atom is -0.205 e. The first-order chi connectivity index (χ1) is 5.41. The number of nitrogens with zero attached hydrogens (tertiary/aromatic N) is 1. The van der Waals surface area contributed by atoms with Crippen LogP contribution < -0.4 is 4.57 Å². The van der Waals surface area contributed by atoms with Crippen LogP contribution in [0, 0.1) is 6.92 Å². The van der Waals surface area contributed by atoms with Crippen molar-refractivity contribution in [1.82, 2.24) is 0 Å². The molecule has 0 radical (unpaired) electrons. The zero-order valence-electron chi connectivity index (χ0n) is 8.68. The summed E-state index contributed by atoms with van der Waals surface area (Å²) in [4.78, 5) is 0. The highest BCUT2D eigenvalue weighted by Crippen LogP contribution is 2.18. The van der Waals surface area contributed by atoms with Crippen molar-refractivity contribution in [2.24, 2.45) is 7.05 Å². The first kappa shape index (κ1) is 9.24. The van der Waals surface area contributed by atoms with Gasteiger partial charge in [-0.2, -0.15) is 0 Å². The fraction of sp³-hybridized carbons (Fsp3) is 0.545. The fourth-order valence-corrected chi connectivity index (χ4v) is 1.42. The van der Waals surface area contributed by atoms with E-state index in [-0.39, 0.29) is 5.41 Å². The molecule has 0 amide bonds. The highest BCUT2D eigenvalue weighted by Gasteiger charge is 2.22. The summed E-state index contributed by atoms with van der Waals surface area (Å²) in [5.41, 5.74) is 2.95. The minimum atomic E-state index is 0.237. The number of hydrogen-bond acceptors (Lipinski definition) is 0. The molecule has 0 saturated carbocycles. The van der Waals surface area contributed by atoms with Gasteiger partial charge in [-0.05, 0) is 12.5 Å². The third kappa shape index (κ3) is 1.84. The molecule has 66 valence electrons. The first-order valence-corrected chi connectivity index (χ1v) is 4.38. The van der Waals surface area contributed by atoms with Gasteiger partial charge in [-0.25, -0.2) is 4.57 Å². The third-order valence-corrected chi connectivity index (χ3v) is 2.07. The molecular formula is C11H18N+. The number of hydrogen-bond donors (Lipinski definition) is 0. The Balaban J connectivity index is 3.23. The molecule has 0 fully saturated rings. The standard InChI is InChI=1S/C11H18N/c1-9-6-7-12(5)10(8-9)11(2,3)4/h6-8H,1-5H3/q+1. The molecule has 0 unspecified atom stereocenters. The van der Waals surface area contributed by atoms with Crippen LogP contribution in [0.25, 0.3) is 0 Å². The molecule has 0 spiro atoms. The van der Waals surface area contributed by atoms with Crippen LogP contribution >= 0.6 is 0 Å². The molecule has 1 nitrogen and oxygen atoms in total. The molecule has 0 aliphatic rings. The molecule has 0 aliphatic heterocycles. The van der Waals surface area contributed by atoms with Crippen molar-refractivity contribution in [1.29, 1.82) is 0 Å². The summed E-state index contributed by atoms with van der Waals surface area (Å²) in [6, 6.07) is 4.38. The topological polar surface area (TPSA) is 3.88 Å². The Morgan fingerprint density at radius 1 is 1.25 bits per heavy atom. The number of aryl methyl sites for hydroxylation is 2. The van der Waals surface area contributed by atoms with Gasteiger partial charge in [0.05, 0.1) is 0 Å². The number of aromatic nitrogens is 1. The van der Waals surface area contributed by atoms with Gasteiger partial charge in [-0.15, -0.1) is 0 Å². The smallest absolute Gasteiger partial charge is 0.186 e. The van der Waals surface area contributed by atoms with Gasteiger partial charge in [-0.1, -0.05) is 20.8 Å². The zero-order valence-corrected chi connectivity index (χ0v) is 8.68. The van der Waals surface area contributed by atoms with Crippen molar-refractivity contribution >= 4 is 0 Å². The van der Waals surface area contributed by atoms with E-state index < -0.39 is 0 Å². The summed E-state index contributed by atoms with van der Waals surface area (Å²) < 4.78 is 2.19. The van der Waals surface area contributed by atoms with Gasteiger partial charge in [-0.3, -0.25) is 0 Å². The van der Waals surface area contributed by atoms with Crippen LogP contribution in [-0.4, -0.2) is 0 Å². The first-order valence-electron chi connectivity index (χ1n) is 4.38. The van der Waals surface area contributed by atoms with E-state index >= 15 is 0 Å². The maximum absolute atomic E-state index is 2.25. The van der Waals surface area contributed by atoms with Gasteiger partial charge in [0.15, 0.2) is 11.9 Å². The summed E-state index contributed by atoms with van der Waals surface area (Å²) >= 11 is 0. The monoisotopic (exact) mass is 164 g/mol.